The van der Waals surface area contributed by atoms with Crippen molar-refractivity contribution in [1.29, 1.82) is 0 Å². The van der Waals surface area contributed by atoms with Crippen LogP contribution in [0.3, 0.4) is 0 Å². The van der Waals surface area contributed by atoms with Gasteiger partial charge in [-0.25, -0.2) is 0 Å². The van der Waals surface area contributed by atoms with Crippen molar-refractivity contribution in [3.8, 4) is 11.5 Å². The molecule has 0 aromatic heterocycles. The predicted octanol–water partition coefficient (Wildman–Crippen LogP) is 1.62. The van der Waals surface area contributed by atoms with Crippen molar-refractivity contribution in [3.63, 3.8) is 0 Å². The van der Waals surface area contributed by atoms with Gasteiger partial charge in [0.1, 0.15) is 18.8 Å². The zero-order valence-electron chi connectivity index (χ0n) is 17.0. The lowest BCUT2D eigenvalue weighted by molar-refractivity contribution is -0.767. The third-order valence-corrected chi connectivity index (χ3v) is 5.33. The molecule has 2 N–H and O–H groups in total. The van der Waals surface area contributed by atoms with Crippen molar-refractivity contribution < 1.29 is 29.3 Å². The largest absolute Gasteiger partial charge is 0.493 e. The summed E-state index contributed by atoms with van der Waals surface area (Å²) < 4.78 is 10.4. The van der Waals surface area contributed by atoms with Crippen molar-refractivity contribution in [2.24, 2.45) is 0 Å². The van der Waals surface area contributed by atoms with Crippen LogP contribution < -0.4 is 14.8 Å². The molecule has 0 heterocycles. The van der Waals surface area contributed by atoms with Gasteiger partial charge in [-0.2, -0.15) is 0 Å². The highest BCUT2D eigenvalue weighted by Gasteiger charge is 2.28. The molecule has 29 heavy (non-hydrogen) atoms. The molecule has 0 fully saturated rings. The fourth-order valence-electron chi connectivity index (χ4n) is 2.40. The number of para-hydroxylation sites is 2. The van der Waals surface area contributed by atoms with Crippen molar-refractivity contribution in [2.45, 2.75) is 36.0 Å². The molecule has 0 spiro atoms. The third kappa shape index (κ3) is 9.45. The maximum Gasteiger partial charge on any atom is 0.294 e. The summed E-state index contributed by atoms with van der Waals surface area (Å²) in [7, 11) is 3.37. The van der Waals surface area contributed by atoms with Gasteiger partial charge < -0.3 is 24.7 Å². The lowest BCUT2D eigenvalue weighted by atomic mass is 10.2. The first kappa shape index (κ1) is 25.2. The van der Waals surface area contributed by atoms with Crippen LogP contribution in [0.4, 0.5) is 0 Å². The molecule has 0 aliphatic carbocycles. The number of hydrogen-bond donors (Lipinski definition) is 2. The maximum atomic E-state index is 11.9. The fourth-order valence-corrected chi connectivity index (χ4v) is 2.78. The number of hydrogen-bond acceptors (Lipinski definition) is 8. The van der Waals surface area contributed by atoms with Gasteiger partial charge in [0.25, 0.3) is 5.09 Å². The van der Waals surface area contributed by atoms with Crippen LogP contribution in [0.1, 0.15) is 20.3 Å². The first-order valence-corrected chi connectivity index (χ1v) is 10.0. The summed E-state index contributed by atoms with van der Waals surface area (Å²) >= 11 is 2.17. The molecular weight excluding hydrogens is 497 g/mol. The fraction of sp³-hybridized carbons (Fsp3) is 0.611. The first-order chi connectivity index (χ1) is 13.5. The Kier molecular flexibility index (Phi) is 10.4. The molecule has 0 aliphatic heterocycles. The van der Waals surface area contributed by atoms with Crippen molar-refractivity contribution in [1.82, 2.24) is 10.2 Å². The summed E-state index contributed by atoms with van der Waals surface area (Å²) in [5.74, 6) is 0.785. The lowest BCUT2D eigenvalue weighted by Gasteiger charge is -2.35. The minimum absolute atomic E-state index is 0.0829. The summed E-state index contributed by atoms with van der Waals surface area (Å²) in [6.45, 7) is 4.04. The summed E-state index contributed by atoms with van der Waals surface area (Å²) in [5.41, 5.74) is 0. The van der Waals surface area contributed by atoms with E-state index < -0.39 is 20.8 Å². The Morgan fingerprint density at radius 3 is 2.62 bits per heavy atom. The highest BCUT2D eigenvalue weighted by atomic mass is 127. The van der Waals surface area contributed by atoms with E-state index in [0.29, 0.717) is 18.0 Å². The van der Waals surface area contributed by atoms with Crippen molar-refractivity contribution in [2.75, 3.05) is 33.9 Å². The minimum Gasteiger partial charge on any atom is -0.493 e. The van der Waals surface area contributed by atoms with Gasteiger partial charge >= 0.3 is 0 Å². The van der Waals surface area contributed by atoms with Gasteiger partial charge in [-0.05, 0) is 33.0 Å². The number of likely N-dealkylation sites (N-methyl/N-ethyl adjacent to an activating group) is 1. The van der Waals surface area contributed by atoms with Gasteiger partial charge in [-0.1, -0.05) is 34.7 Å². The van der Waals surface area contributed by atoms with Gasteiger partial charge in [0.15, 0.2) is 11.5 Å². The Labute approximate surface area is 183 Å². The predicted molar refractivity (Wildman–Crippen MR) is 115 cm³/mol. The number of rotatable bonds is 13. The van der Waals surface area contributed by atoms with E-state index in [1.807, 2.05) is 31.0 Å². The lowest BCUT2D eigenvalue weighted by Crippen LogP contribution is -2.50. The molecule has 0 radical (unpaired) electrons. The Morgan fingerprint density at radius 2 is 2.03 bits per heavy atom. The molecule has 0 bridgehead atoms. The monoisotopic (exact) mass is 525 g/mol. The van der Waals surface area contributed by atoms with Crippen LogP contribution in [-0.2, 0) is 9.63 Å². The number of ether oxygens (including phenoxy) is 2. The molecule has 1 aromatic rings. The van der Waals surface area contributed by atoms with E-state index >= 15 is 0 Å². The molecule has 0 saturated carbocycles. The Hall–Kier alpha value is -1.86. The SMILES string of the molecule is COc1ccccc1OCC(O)CN(C)C(C)(I)CNC(=O)CC(C)O[N+](=O)[O-]. The van der Waals surface area contributed by atoms with Gasteiger partial charge in [0.05, 0.1) is 17.1 Å². The number of nitrogens with zero attached hydrogens (tertiary/aromatic N) is 2. The van der Waals surface area contributed by atoms with Gasteiger partial charge in [0.2, 0.25) is 5.91 Å². The quantitative estimate of drug-likeness (QED) is 0.131. The number of aliphatic hydroxyl groups is 1. The number of benzene rings is 1. The second-order valence-electron chi connectivity index (χ2n) is 6.76. The van der Waals surface area contributed by atoms with E-state index in [0.717, 1.165) is 0 Å². The summed E-state index contributed by atoms with van der Waals surface area (Å²) in [6, 6.07) is 7.18. The second-order valence-corrected chi connectivity index (χ2v) is 9.08. The van der Waals surface area contributed by atoms with Crippen LogP contribution >= 0.6 is 22.6 Å². The molecule has 3 unspecified atom stereocenters. The van der Waals surface area contributed by atoms with Gasteiger partial charge in [-0.3, -0.25) is 9.69 Å². The Bertz CT molecular complexity index is 675. The van der Waals surface area contributed by atoms with Crippen LogP contribution in [-0.4, -0.2) is 70.6 Å². The molecule has 11 heteroatoms. The van der Waals surface area contributed by atoms with E-state index in [1.165, 1.54) is 6.92 Å². The number of alkyl halides is 1. The van der Waals surface area contributed by atoms with Gasteiger partial charge in [0, 0.05) is 13.1 Å². The molecular formula is C18H28IN3O7. The van der Waals surface area contributed by atoms with Crippen LogP contribution in [0.15, 0.2) is 24.3 Å². The van der Waals surface area contributed by atoms with E-state index in [9.17, 15) is 20.0 Å². The van der Waals surface area contributed by atoms with Gasteiger partial charge in [-0.15, -0.1) is 10.1 Å². The average molecular weight is 525 g/mol. The summed E-state index contributed by atoms with van der Waals surface area (Å²) in [6.07, 6.45) is -1.70. The normalized spacial score (nSPS) is 15.1. The van der Waals surface area contributed by atoms with Crippen LogP contribution in [0, 0.1) is 10.1 Å². The number of halogens is 1. The Morgan fingerprint density at radius 1 is 1.41 bits per heavy atom. The third-order valence-electron chi connectivity index (χ3n) is 4.13. The van der Waals surface area contributed by atoms with E-state index in [1.54, 1.807) is 19.2 Å². The topological polar surface area (TPSA) is 123 Å². The molecule has 3 atom stereocenters. The molecule has 164 valence electrons. The highest BCUT2D eigenvalue weighted by Crippen LogP contribution is 2.26. The molecule has 1 rings (SSSR count). The maximum absolute atomic E-state index is 11.9. The zero-order valence-corrected chi connectivity index (χ0v) is 19.1. The van der Waals surface area contributed by atoms with Crippen LogP contribution in [0.25, 0.3) is 0 Å². The van der Waals surface area contributed by atoms with Crippen LogP contribution in [0.5, 0.6) is 11.5 Å². The average Bonchev–Trinajstić information content (AvgIpc) is 2.64. The Balaban J connectivity index is 2.44. The molecule has 10 nitrogen and oxygen atoms in total. The second kappa shape index (κ2) is 12.0. The van der Waals surface area contributed by atoms with E-state index in [2.05, 4.69) is 32.7 Å². The van der Waals surface area contributed by atoms with E-state index in [-0.39, 0.29) is 25.5 Å². The minimum atomic E-state index is -0.914. The molecule has 0 saturated heterocycles. The highest BCUT2D eigenvalue weighted by molar-refractivity contribution is 14.1. The first-order valence-electron chi connectivity index (χ1n) is 8.97. The van der Waals surface area contributed by atoms with Crippen molar-refractivity contribution in [3.05, 3.63) is 34.4 Å². The smallest absolute Gasteiger partial charge is 0.294 e. The van der Waals surface area contributed by atoms with Crippen molar-refractivity contribution >= 4 is 28.5 Å². The zero-order chi connectivity index (χ0) is 22.0. The molecule has 1 aromatic carbocycles. The number of carbonyl (C=O) groups excluding carboxylic acids is 1. The number of carbonyl (C=O) groups is 1. The standard InChI is InChI=1S/C18H28IN3O7/c1-13(29-22(25)26)9-17(24)20-12-18(2,19)21(3)10-14(23)11-28-16-8-6-5-7-15(16)27-4/h5-8,13-14,23H,9-12H2,1-4H3,(H,20,24). The summed E-state index contributed by atoms with van der Waals surface area (Å²) in [4.78, 5) is 28.4. The summed E-state index contributed by atoms with van der Waals surface area (Å²) in [5, 5.41) is 22.4. The number of amides is 1. The number of methoxy groups -OCH3 is 1. The number of nitrogens with one attached hydrogen (secondary N) is 1. The molecule has 1 amide bonds. The van der Waals surface area contributed by atoms with E-state index in [4.69, 9.17) is 9.47 Å². The van der Waals surface area contributed by atoms with Crippen LogP contribution in [0.2, 0.25) is 0 Å². The number of aliphatic hydroxyl groups excluding tert-OH is 1. The molecule has 0 aliphatic rings.